The van der Waals surface area contributed by atoms with Crippen LogP contribution in [0.15, 0.2) is 29.3 Å². The summed E-state index contributed by atoms with van der Waals surface area (Å²) in [6, 6.07) is 7.17. The molecule has 1 aliphatic rings. The van der Waals surface area contributed by atoms with Gasteiger partial charge in [0.25, 0.3) is 6.43 Å². The van der Waals surface area contributed by atoms with E-state index in [4.69, 9.17) is 4.74 Å². The molecule has 1 aromatic rings. The van der Waals surface area contributed by atoms with Gasteiger partial charge in [-0.25, -0.2) is 8.78 Å². The molecule has 160 valence electrons. The van der Waals surface area contributed by atoms with Gasteiger partial charge >= 0.3 is 0 Å². The molecule has 0 aromatic heterocycles. The smallest absolute Gasteiger partial charge is 0.272 e. The van der Waals surface area contributed by atoms with Gasteiger partial charge in [-0.3, -0.25) is 9.89 Å². The number of rotatable bonds is 8. The third-order valence-corrected chi connectivity index (χ3v) is 4.86. The highest BCUT2D eigenvalue weighted by Crippen LogP contribution is 2.19. The first kappa shape index (κ1) is 24.9. The van der Waals surface area contributed by atoms with Crippen molar-refractivity contribution in [2.45, 2.75) is 51.6 Å². The minimum atomic E-state index is -2.47. The third kappa shape index (κ3) is 8.46. The molecule has 1 heterocycles. The van der Waals surface area contributed by atoms with Crippen LogP contribution < -0.4 is 15.4 Å². The van der Waals surface area contributed by atoms with Crippen LogP contribution in [0.3, 0.4) is 0 Å². The fourth-order valence-electron chi connectivity index (χ4n) is 3.22. The summed E-state index contributed by atoms with van der Waals surface area (Å²) in [6.45, 7) is 7.54. The molecule has 0 atom stereocenters. The van der Waals surface area contributed by atoms with Crippen LogP contribution in [0.2, 0.25) is 0 Å². The summed E-state index contributed by atoms with van der Waals surface area (Å²) in [5, 5.41) is 6.67. The monoisotopic (exact) mass is 510 g/mol. The second-order valence-electron chi connectivity index (χ2n) is 7.49. The van der Waals surface area contributed by atoms with Crippen molar-refractivity contribution in [2.75, 3.05) is 33.3 Å². The van der Waals surface area contributed by atoms with Crippen LogP contribution in [-0.2, 0) is 6.54 Å². The zero-order valence-corrected chi connectivity index (χ0v) is 19.3. The van der Waals surface area contributed by atoms with Gasteiger partial charge < -0.3 is 15.4 Å². The molecule has 2 N–H and O–H groups in total. The highest BCUT2D eigenvalue weighted by atomic mass is 127. The topological polar surface area (TPSA) is 48.9 Å². The first-order valence-electron chi connectivity index (χ1n) is 9.60. The van der Waals surface area contributed by atoms with Crippen LogP contribution in [0.1, 0.15) is 38.7 Å². The van der Waals surface area contributed by atoms with E-state index in [2.05, 4.69) is 34.4 Å². The molecule has 0 aliphatic carbocycles. The summed E-state index contributed by atoms with van der Waals surface area (Å²) < 4.78 is 29.6. The first-order chi connectivity index (χ1) is 12.9. The molecule has 0 saturated carbocycles. The Morgan fingerprint density at radius 1 is 1.21 bits per heavy atom. The number of hydrogen-bond donors (Lipinski definition) is 2. The lowest BCUT2D eigenvalue weighted by molar-refractivity contribution is 0.0818. The van der Waals surface area contributed by atoms with Crippen LogP contribution in [-0.4, -0.2) is 56.1 Å². The molecule has 0 spiro atoms. The van der Waals surface area contributed by atoms with Crippen LogP contribution in [0.25, 0.3) is 0 Å². The number of benzene rings is 1. The van der Waals surface area contributed by atoms with E-state index < -0.39 is 13.0 Å². The summed E-state index contributed by atoms with van der Waals surface area (Å²) in [5.41, 5.74) is 1.00. The number of likely N-dealkylation sites (tertiary alicyclic amines) is 1. The summed E-state index contributed by atoms with van der Waals surface area (Å²) >= 11 is 0. The molecular weight excluding hydrogens is 477 g/mol. The zero-order chi connectivity index (χ0) is 19.7. The van der Waals surface area contributed by atoms with Gasteiger partial charge in [0.2, 0.25) is 0 Å². The lowest BCUT2D eigenvalue weighted by atomic mass is 9.98. The molecule has 28 heavy (non-hydrogen) atoms. The van der Waals surface area contributed by atoms with Gasteiger partial charge in [0.15, 0.2) is 5.96 Å². The lowest BCUT2D eigenvalue weighted by Crippen LogP contribution is -2.54. The molecule has 0 bridgehead atoms. The quantitative estimate of drug-likeness (QED) is 0.317. The molecule has 1 fully saturated rings. The van der Waals surface area contributed by atoms with E-state index in [1.807, 2.05) is 6.07 Å². The van der Waals surface area contributed by atoms with Gasteiger partial charge in [0, 0.05) is 25.7 Å². The number of nitrogens with zero attached hydrogens (tertiary/aromatic N) is 2. The Hall–Kier alpha value is -1.16. The molecule has 0 unspecified atom stereocenters. The van der Waals surface area contributed by atoms with E-state index in [9.17, 15) is 8.78 Å². The maximum absolute atomic E-state index is 12.3. The van der Waals surface area contributed by atoms with E-state index in [0.717, 1.165) is 31.2 Å². The Bertz CT molecular complexity index is 608. The zero-order valence-electron chi connectivity index (χ0n) is 17.0. The van der Waals surface area contributed by atoms with Crippen molar-refractivity contribution in [3.8, 4) is 5.75 Å². The molecule has 1 aliphatic heterocycles. The van der Waals surface area contributed by atoms with Crippen LogP contribution >= 0.6 is 24.0 Å². The van der Waals surface area contributed by atoms with Gasteiger partial charge in [0.1, 0.15) is 12.4 Å². The predicted molar refractivity (Wildman–Crippen MR) is 121 cm³/mol. The van der Waals surface area contributed by atoms with Gasteiger partial charge in [-0.2, -0.15) is 0 Å². The Balaban J connectivity index is 0.00000392. The van der Waals surface area contributed by atoms with E-state index in [1.165, 1.54) is 19.3 Å². The SMILES string of the molecule is CN=C(NCc1cccc(OCC(F)F)c1)NCC(C)(C)N1CCCCC1.I. The highest BCUT2D eigenvalue weighted by Gasteiger charge is 2.27. The molecular formula is C20H33F2IN4O. The van der Waals surface area contributed by atoms with Crippen LogP contribution in [0.4, 0.5) is 8.78 Å². The van der Waals surface area contributed by atoms with Gasteiger partial charge in [0.05, 0.1) is 0 Å². The van der Waals surface area contributed by atoms with Crippen LogP contribution in [0, 0.1) is 0 Å². The van der Waals surface area contributed by atoms with Gasteiger partial charge in [-0.15, -0.1) is 24.0 Å². The molecule has 8 heteroatoms. The normalized spacial score (nSPS) is 15.9. The van der Waals surface area contributed by atoms with Crippen molar-refractivity contribution in [3.63, 3.8) is 0 Å². The van der Waals surface area contributed by atoms with Crippen molar-refractivity contribution in [1.82, 2.24) is 15.5 Å². The molecule has 0 radical (unpaired) electrons. The number of guanidine groups is 1. The number of ether oxygens (including phenoxy) is 1. The van der Waals surface area contributed by atoms with Crippen molar-refractivity contribution >= 4 is 29.9 Å². The van der Waals surface area contributed by atoms with Gasteiger partial charge in [-0.05, 0) is 57.5 Å². The van der Waals surface area contributed by atoms with E-state index in [-0.39, 0.29) is 29.5 Å². The summed E-state index contributed by atoms with van der Waals surface area (Å²) in [7, 11) is 1.74. The minimum Gasteiger partial charge on any atom is -0.488 e. The Kier molecular flexibility index (Phi) is 11.0. The maximum atomic E-state index is 12.3. The predicted octanol–water partition coefficient (Wildman–Crippen LogP) is 3.88. The van der Waals surface area contributed by atoms with E-state index in [1.54, 1.807) is 25.2 Å². The van der Waals surface area contributed by atoms with Crippen molar-refractivity contribution in [1.29, 1.82) is 0 Å². The molecule has 2 rings (SSSR count). The lowest BCUT2D eigenvalue weighted by Gasteiger charge is -2.41. The minimum absolute atomic E-state index is 0. The highest BCUT2D eigenvalue weighted by molar-refractivity contribution is 14.0. The fraction of sp³-hybridized carbons (Fsp3) is 0.650. The summed E-state index contributed by atoms with van der Waals surface area (Å²) in [6.07, 6.45) is 1.38. The summed E-state index contributed by atoms with van der Waals surface area (Å²) in [4.78, 5) is 6.81. The van der Waals surface area contributed by atoms with Crippen molar-refractivity contribution in [3.05, 3.63) is 29.8 Å². The first-order valence-corrected chi connectivity index (χ1v) is 9.60. The Morgan fingerprint density at radius 3 is 2.57 bits per heavy atom. The maximum Gasteiger partial charge on any atom is 0.272 e. The second kappa shape index (κ2) is 12.4. The number of nitrogens with one attached hydrogen (secondary N) is 2. The summed E-state index contributed by atoms with van der Waals surface area (Å²) in [5.74, 6) is 1.17. The number of aliphatic imine (C=N–C) groups is 1. The average Bonchev–Trinajstić information content (AvgIpc) is 2.67. The third-order valence-electron chi connectivity index (χ3n) is 4.86. The Morgan fingerprint density at radius 2 is 1.93 bits per heavy atom. The number of halogens is 3. The standard InChI is InChI=1S/C20H32F2N4O.HI/c1-20(2,26-10-5-4-6-11-26)15-25-19(23-3)24-13-16-8-7-9-17(12-16)27-14-18(21)22;/h7-9,12,18H,4-6,10-11,13-15H2,1-3H3,(H2,23,24,25);1H. The molecule has 0 amide bonds. The molecule has 1 aromatic carbocycles. The van der Waals surface area contributed by atoms with Crippen LogP contribution in [0.5, 0.6) is 5.75 Å². The molecule has 1 saturated heterocycles. The van der Waals surface area contributed by atoms with Crippen molar-refractivity contribution < 1.29 is 13.5 Å². The Labute approximate surface area is 184 Å². The largest absolute Gasteiger partial charge is 0.488 e. The number of hydrogen-bond acceptors (Lipinski definition) is 3. The average molecular weight is 510 g/mol. The van der Waals surface area contributed by atoms with Crippen molar-refractivity contribution in [2.24, 2.45) is 4.99 Å². The molecule has 5 nitrogen and oxygen atoms in total. The van der Waals surface area contributed by atoms with Gasteiger partial charge in [-0.1, -0.05) is 18.6 Å². The second-order valence-corrected chi connectivity index (χ2v) is 7.49. The number of piperidine rings is 1. The van der Waals surface area contributed by atoms with E-state index >= 15 is 0 Å². The van der Waals surface area contributed by atoms with E-state index in [0.29, 0.717) is 12.3 Å². The fourth-order valence-corrected chi connectivity index (χ4v) is 3.22. The number of alkyl halides is 2.